The molecule has 0 bridgehead atoms. The number of hydrogen-bond donors (Lipinski definition) is 4. The summed E-state index contributed by atoms with van der Waals surface area (Å²) in [6.45, 7) is 0.0432. The van der Waals surface area contributed by atoms with E-state index in [1.165, 1.54) is 11.9 Å². The Morgan fingerprint density at radius 2 is 2.14 bits per heavy atom. The van der Waals surface area contributed by atoms with E-state index in [4.69, 9.17) is 5.73 Å². The molecule has 0 fully saturated rings. The zero-order chi connectivity index (χ0) is 20.5. The second-order valence-electron chi connectivity index (χ2n) is 6.94. The Labute approximate surface area is 167 Å². The first-order valence-corrected chi connectivity index (χ1v) is 9.19. The first-order chi connectivity index (χ1) is 14.0. The molecule has 1 aliphatic heterocycles. The molecule has 1 aromatic heterocycles. The van der Waals surface area contributed by atoms with E-state index in [1.807, 2.05) is 18.2 Å². The number of para-hydroxylation sites is 1. The van der Waals surface area contributed by atoms with Crippen LogP contribution in [0.15, 0.2) is 54.9 Å². The van der Waals surface area contributed by atoms with Crippen LogP contribution in [-0.4, -0.2) is 47.4 Å². The summed E-state index contributed by atoms with van der Waals surface area (Å²) in [6.07, 6.45) is 3.45. The molecule has 2 heterocycles. The van der Waals surface area contributed by atoms with Crippen molar-refractivity contribution < 1.29 is 14.6 Å². The number of rotatable bonds is 4. The molecule has 0 saturated heterocycles. The minimum absolute atomic E-state index is 0.0432. The van der Waals surface area contributed by atoms with E-state index in [2.05, 4.69) is 15.6 Å². The topological polar surface area (TPSA) is 121 Å². The summed E-state index contributed by atoms with van der Waals surface area (Å²) in [6, 6.07) is 12.2. The summed E-state index contributed by atoms with van der Waals surface area (Å²) < 4.78 is 0. The number of carbonyl (C=O) groups excluding carboxylic acids is 2. The normalized spacial score (nSPS) is 14.4. The van der Waals surface area contributed by atoms with Crippen LogP contribution in [-0.2, 0) is 4.79 Å². The summed E-state index contributed by atoms with van der Waals surface area (Å²) in [5.74, 6) is -0.994. The summed E-state index contributed by atoms with van der Waals surface area (Å²) >= 11 is 0. The molecular formula is C20H20BN5O3. The highest BCUT2D eigenvalue weighted by Crippen LogP contribution is 2.27. The van der Waals surface area contributed by atoms with Crippen LogP contribution in [0.25, 0.3) is 10.8 Å². The number of urea groups is 1. The van der Waals surface area contributed by atoms with Gasteiger partial charge in [-0.25, -0.2) is 4.79 Å². The average molecular weight is 389 g/mol. The van der Waals surface area contributed by atoms with Gasteiger partial charge in [-0.2, -0.15) is 0 Å². The van der Waals surface area contributed by atoms with Gasteiger partial charge < -0.3 is 26.2 Å². The van der Waals surface area contributed by atoms with E-state index in [1.54, 1.807) is 36.7 Å². The number of aromatic nitrogens is 1. The van der Waals surface area contributed by atoms with Crippen molar-refractivity contribution in [1.29, 1.82) is 0 Å². The van der Waals surface area contributed by atoms with E-state index in [0.717, 1.165) is 10.8 Å². The van der Waals surface area contributed by atoms with Gasteiger partial charge in [0.25, 0.3) is 0 Å². The number of hydrogen-bond acceptors (Lipinski definition) is 5. The maximum Gasteiger partial charge on any atom is 0.454 e. The molecule has 8 nitrogen and oxygen atoms in total. The number of fused-ring (bicyclic) bond motifs is 2. The van der Waals surface area contributed by atoms with E-state index in [0.29, 0.717) is 22.4 Å². The number of nitrogens with two attached hydrogens (primary N) is 1. The van der Waals surface area contributed by atoms with Crippen LogP contribution in [0.4, 0.5) is 16.2 Å². The Morgan fingerprint density at radius 3 is 2.93 bits per heavy atom. The molecule has 9 heteroatoms. The number of nitrogens with zero attached hydrogens (tertiary/aromatic N) is 2. The van der Waals surface area contributed by atoms with Gasteiger partial charge in [-0.15, -0.1) is 0 Å². The maximum absolute atomic E-state index is 13.0. The largest absolute Gasteiger partial charge is 0.454 e. The molecule has 1 unspecified atom stereocenters. The van der Waals surface area contributed by atoms with E-state index in [9.17, 15) is 14.6 Å². The summed E-state index contributed by atoms with van der Waals surface area (Å²) in [5.41, 5.74) is 8.08. The lowest BCUT2D eigenvalue weighted by Gasteiger charge is -2.31. The Bertz CT molecular complexity index is 1110. The van der Waals surface area contributed by atoms with Gasteiger partial charge in [-0.05, 0) is 34.6 Å². The molecule has 146 valence electrons. The summed E-state index contributed by atoms with van der Waals surface area (Å²) in [4.78, 5) is 30.4. The fourth-order valence-electron chi connectivity index (χ4n) is 3.52. The van der Waals surface area contributed by atoms with Gasteiger partial charge in [0.1, 0.15) is 0 Å². The first-order valence-electron chi connectivity index (χ1n) is 9.19. The van der Waals surface area contributed by atoms with Crippen molar-refractivity contribution >= 4 is 46.6 Å². The molecule has 0 saturated carbocycles. The molecule has 2 aromatic carbocycles. The van der Waals surface area contributed by atoms with Crippen LogP contribution < -0.4 is 21.8 Å². The predicted molar refractivity (Wildman–Crippen MR) is 113 cm³/mol. The monoisotopic (exact) mass is 389 g/mol. The maximum atomic E-state index is 13.0. The third kappa shape index (κ3) is 3.41. The lowest BCUT2D eigenvalue weighted by molar-refractivity contribution is -0.117. The highest BCUT2D eigenvalue weighted by molar-refractivity contribution is 6.69. The number of anilines is 2. The Hall–Kier alpha value is -3.43. The minimum Gasteiger partial charge on any atom is -0.428 e. The molecule has 5 N–H and O–H groups in total. The minimum atomic E-state index is -1.09. The summed E-state index contributed by atoms with van der Waals surface area (Å²) in [7, 11) is 0.409. The van der Waals surface area contributed by atoms with Crippen LogP contribution in [0.5, 0.6) is 0 Å². The lowest BCUT2D eigenvalue weighted by atomic mass is 9.68. The predicted octanol–water partition coefficient (Wildman–Crippen LogP) is 1.08. The molecule has 3 aromatic rings. The van der Waals surface area contributed by atoms with Gasteiger partial charge in [-0.1, -0.05) is 24.3 Å². The van der Waals surface area contributed by atoms with Crippen molar-refractivity contribution in [1.82, 2.24) is 9.79 Å². The molecule has 1 atom stereocenters. The number of pyridine rings is 1. The smallest absolute Gasteiger partial charge is 0.428 e. The molecule has 0 spiro atoms. The van der Waals surface area contributed by atoms with Gasteiger partial charge in [0.2, 0.25) is 5.91 Å². The quantitative estimate of drug-likeness (QED) is 0.498. The van der Waals surface area contributed by atoms with Crippen molar-refractivity contribution in [2.75, 3.05) is 24.2 Å². The molecular weight excluding hydrogens is 369 g/mol. The molecule has 3 amide bonds. The van der Waals surface area contributed by atoms with Crippen LogP contribution in [0.2, 0.25) is 0 Å². The zero-order valence-electron chi connectivity index (χ0n) is 15.8. The highest BCUT2D eigenvalue weighted by atomic mass is 16.2. The van der Waals surface area contributed by atoms with Crippen molar-refractivity contribution in [3.05, 3.63) is 60.4 Å². The Balaban J connectivity index is 1.65. The summed E-state index contributed by atoms with van der Waals surface area (Å²) in [5, 5.41) is 18.0. The zero-order valence-corrected chi connectivity index (χ0v) is 15.8. The van der Waals surface area contributed by atoms with Gasteiger partial charge in [0.15, 0.2) is 0 Å². The fraction of sp³-hybridized carbons (Fsp3) is 0.150. The van der Waals surface area contributed by atoms with Crippen molar-refractivity contribution in [2.24, 2.45) is 5.73 Å². The SMILES string of the molecule is CN1B(O)c2cccc(C(CN)C(=O)Nc3ccc4cnccc4c3)c2NC1=O. The second kappa shape index (κ2) is 7.54. The molecule has 0 radical (unpaired) electrons. The van der Waals surface area contributed by atoms with Gasteiger partial charge >= 0.3 is 13.1 Å². The number of benzene rings is 2. The molecule has 0 aliphatic carbocycles. The van der Waals surface area contributed by atoms with Gasteiger partial charge in [0.05, 0.1) is 5.92 Å². The highest BCUT2D eigenvalue weighted by Gasteiger charge is 2.36. The Morgan fingerprint density at radius 1 is 1.31 bits per heavy atom. The van der Waals surface area contributed by atoms with Gasteiger partial charge in [0, 0.05) is 42.7 Å². The van der Waals surface area contributed by atoms with Crippen LogP contribution in [0.3, 0.4) is 0 Å². The van der Waals surface area contributed by atoms with E-state index < -0.39 is 19.0 Å². The van der Waals surface area contributed by atoms with Crippen molar-refractivity contribution in [3.8, 4) is 0 Å². The number of carbonyl (C=O) groups is 2. The third-order valence-corrected chi connectivity index (χ3v) is 5.16. The van der Waals surface area contributed by atoms with Crippen molar-refractivity contribution in [2.45, 2.75) is 5.92 Å². The fourth-order valence-corrected chi connectivity index (χ4v) is 3.52. The van der Waals surface area contributed by atoms with Crippen LogP contribution in [0.1, 0.15) is 11.5 Å². The van der Waals surface area contributed by atoms with E-state index in [-0.39, 0.29) is 12.5 Å². The van der Waals surface area contributed by atoms with Crippen LogP contribution >= 0.6 is 0 Å². The Kier molecular flexibility index (Phi) is 4.91. The second-order valence-corrected chi connectivity index (χ2v) is 6.94. The first kappa shape index (κ1) is 18.9. The van der Waals surface area contributed by atoms with E-state index >= 15 is 0 Å². The third-order valence-electron chi connectivity index (χ3n) is 5.16. The number of nitrogens with one attached hydrogen (secondary N) is 2. The average Bonchev–Trinajstić information content (AvgIpc) is 2.73. The number of amides is 3. The molecule has 4 rings (SSSR count). The van der Waals surface area contributed by atoms with Crippen molar-refractivity contribution in [3.63, 3.8) is 0 Å². The standard InChI is InChI=1S/C20H20BN5O3/c1-26-20(28)25-18-15(3-2-4-17(18)21(26)29)16(10-22)19(27)24-14-6-5-13-11-23-8-7-12(13)9-14/h2-9,11,16,29H,10,22H2,1H3,(H,24,27)(H,25,28). The van der Waals surface area contributed by atoms with Gasteiger partial charge in [-0.3, -0.25) is 9.78 Å². The molecule has 1 aliphatic rings. The lowest BCUT2D eigenvalue weighted by Crippen LogP contribution is -2.56. The molecule has 29 heavy (non-hydrogen) atoms. The van der Waals surface area contributed by atoms with Crippen LogP contribution in [0, 0.1) is 0 Å².